The minimum absolute atomic E-state index is 0. The van der Waals surface area contributed by atoms with E-state index in [1.54, 1.807) is 0 Å². The molecule has 196 valence electrons. The molecule has 0 spiro atoms. The predicted octanol–water partition coefficient (Wildman–Crippen LogP) is 0.0587. The molecular weight excluding hydrogens is 477 g/mol. The van der Waals surface area contributed by atoms with Crippen molar-refractivity contribution < 1.29 is 57.5 Å². The first-order valence-electron chi connectivity index (χ1n) is 13.4. The average molecular weight is 522 g/mol. The van der Waals surface area contributed by atoms with Crippen LogP contribution in [0.4, 0.5) is 0 Å². The van der Waals surface area contributed by atoms with Crippen LogP contribution in [-0.2, 0) is 14.9 Å². The molecule has 0 aromatic heterocycles. The van der Waals surface area contributed by atoms with Crippen molar-refractivity contribution in [3.05, 3.63) is 0 Å². The smallest absolute Gasteiger partial charge is 0.748 e. The molecule has 5 unspecified atom stereocenters. The van der Waals surface area contributed by atoms with Crippen molar-refractivity contribution >= 4 is 16.0 Å². The van der Waals surface area contributed by atoms with Crippen molar-refractivity contribution in [3.8, 4) is 0 Å². The fourth-order valence-electron chi connectivity index (χ4n) is 9.14. The van der Waals surface area contributed by atoms with Gasteiger partial charge in [-0.3, -0.25) is 4.79 Å². The van der Waals surface area contributed by atoms with Gasteiger partial charge in [0.25, 0.3) is 0 Å². The summed E-state index contributed by atoms with van der Waals surface area (Å²) in [5.41, 5.74) is 0.399. The molecule has 4 saturated carbocycles. The standard InChI is InChI=1S/C26H45NO6S.Na/c1-16(4-7-23(30)27-12-13-34(31,32)33)19-5-6-20-24-21(9-11-26(19,20)3)25(2)10-8-18(28)14-17(25)15-22(24)29;/h16-22,24,28-29H,4-15H2,1-3H3,(H,27,30)(H,31,32,33);/q;+1/p-1/t16?,17?,18-,19?,20+,21+,22+,24+,25?,26?;/m1./s1. The molecule has 3 N–H and O–H groups in total. The zero-order chi connectivity index (χ0) is 24.9. The van der Waals surface area contributed by atoms with Gasteiger partial charge < -0.3 is 20.1 Å². The molecule has 35 heavy (non-hydrogen) atoms. The number of nitrogens with one attached hydrogen (secondary N) is 1. The molecule has 0 aromatic carbocycles. The van der Waals surface area contributed by atoms with E-state index in [4.69, 9.17) is 0 Å². The van der Waals surface area contributed by atoms with Gasteiger partial charge in [0, 0.05) is 13.0 Å². The number of hydrogen-bond acceptors (Lipinski definition) is 6. The molecule has 4 fully saturated rings. The van der Waals surface area contributed by atoms with Crippen molar-refractivity contribution in [2.45, 2.75) is 97.2 Å². The molecule has 0 aromatic rings. The number of rotatable bonds is 7. The molecule has 9 heteroatoms. The molecule has 4 aliphatic rings. The Labute approximate surface area is 233 Å². The maximum atomic E-state index is 12.2. The van der Waals surface area contributed by atoms with Crippen LogP contribution in [0.5, 0.6) is 0 Å². The summed E-state index contributed by atoms with van der Waals surface area (Å²) in [6.45, 7) is 6.96. The van der Waals surface area contributed by atoms with E-state index < -0.39 is 15.9 Å². The largest absolute Gasteiger partial charge is 1.00 e. The van der Waals surface area contributed by atoms with E-state index in [0.717, 1.165) is 51.4 Å². The van der Waals surface area contributed by atoms with Crippen LogP contribution >= 0.6 is 0 Å². The molecule has 0 heterocycles. The third-order valence-electron chi connectivity index (χ3n) is 10.9. The summed E-state index contributed by atoms with van der Waals surface area (Å²) in [7, 11) is -4.31. The fraction of sp³-hybridized carbons (Fsp3) is 0.962. The maximum absolute atomic E-state index is 12.2. The van der Waals surface area contributed by atoms with Gasteiger partial charge in [0.2, 0.25) is 5.91 Å². The number of hydrogen-bond donors (Lipinski definition) is 3. The van der Waals surface area contributed by atoms with E-state index in [-0.39, 0.29) is 65.0 Å². The fourth-order valence-corrected chi connectivity index (χ4v) is 9.49. The molecule has 0 radical (unpaired) electrons. The third-order valence-corrected chi connectivity index (χ3v) is 11.6. The van der Waals surface area contributed by atoms with Crippen molar-refractivity contribution in [3.63, 3.8) is 0 Å². The third kappa shape index (κ3) is 5.99. The molecule has 4 rings (SSSR count). The maximum Gasteiger partial charge on any atom is 1.00 e. The summed E-state index contributed by atoms with van der Waals surface area (Å²) in [5.74, 6) is 1.92. The van der Waals surface area contributed by atoms with Gasteiger partial charge in [0.05, 0.1) is 28.1 Å². The minimum Gasteiger partial charge on any atom is -0.748 e. The van der Waals surface area contributed by atoms with Crippen LogP contribution < -0.4 is 34.9 Å². The van der Waals surface area contributed by atoms with E-state index in [0.29, 0.717) is 41.9 Å². The quantitative estimate of drug-likeness (QED) is 0.321. The Kier molecular flexibility index (Phi) is 9.54. The SMILES string of the molecule is CC(CCC(=O)NCCS(=O)(=O)[O-])C1CC[C@H]2[C@@H]3[C@@H](O)CC4C[C@H](O)CCC4(C)[C@H]3CCC12C.[Na+]. The number of aliphatic hydroxyl groups is 2. The van der Waals surface area contributed by atoms with Crippen molar-refractivity contribution in [2.24, 2.45) is 46.3 Å². The second-order valence-electron chi connectivity index (χ2n) is 12.6. The molecular formula is C26H44NNaO6S. The summed E-state index contributed by atoms with van der Waals surface area (Å²) in [6.07, 6.45) is 8.78. The normalized spacial score (nSPS) is 43.8. The first-order chi connectivity index (χ1) is 15.8. The Hall–Kier alpha value is 0.300. The number of carbonyl (C=O) groups is 1. The van der Waals surface area contributed by atoms with Gasteiger partial charge in [0.1, 0.15) is 0 Å². The van der Waals surface area contributed by atoms with Gasteiger partial charge in [-0.2, -0.15) is 0 Å². The van der Waals surface area contributed by atoms with E-state index >= 15 is 0 Å². The number of amides is 1. The first kappa shape index (κ1) is 29.9. The van der Waals surface area contributed by atoms with Crippen LogP contribution in [0.1, 0.15) is 85.0 Å². The van der Waals surface area contributed by atoms with Gasteiger partial charge in [0.15, 0.2) is 0 Å². The van der Waals surface area contributed by atoms with Crippen molar-refractivity contribution in [2.75, 3.05) is 12.3 Å². The second kappa shape index (κ2) is 11.2. The van der Waals surface area contributed by atoms with Gasteiger partial charge in [-0.05, 0) is 104 Å². The van der Waals surface area contributed by atoms with Crippen molar-refractivity contribution in [1.29, 1.82) is 0 Å². The van der Waals surface area contributed by atoms with Gasteiger partial charge in [-0.1, -0.05) is 20.8 Å². The number of aliphatic hydroxyl groups excluding tert-OH is 2. The minimum atomic E-state index is -4.31. The summed E-state index contributed by atoms with van der Waals surface area (Å²) >= 11 is 0. The Morgan fingerprint density at radius 3 is 2.40 bits per heavy atom. The summed E-state index contributed by atoms with van der Waals surface area (Å²) in [6, 6.07) is 0. The van der Waals surface area contributed by atoms with E-state index in [9.17, 15) is 28.0 Å². The van der Waals surface area contributed by atoms with Crippen LogP contribution in [-0.4, -0.2) is 53.6 Å². The van der Waals surface area contributed by atoms with E-state index in [1.807, 2.05) is 0 Å². The summed E-state index contributed by atoms with van der Waals surface area (Å²) < 4.78 is 32.2. The molecule has 7 nitrogen and oxygen atoms in total. The Morgan fingerprint density at radius 2 is 1.71 bits per heavy atom. The Morgan fingerprint density at radius 1 is 1.06 bits per heavy atom. The topological polar surface area (TPSA) is 127 Å². The summed E-state index contributed by atoms with van der Waals surface area (Å²) in [4.78, 5) is 12.2. The Balaban J connectivity index is 0.00000342. The van der Waals surface area contributed by atoms with Crippen molar-refractivity contribution in [1.82, 2.24) is 5.32 Å². The van der Waals surface area contributed by atoms with Crippen LogP contribution in [0, 0.1) is 46.3 Å². The van der Waals surface area contributed by atoms with Gasteiger partial charge in [-0.25, -0.2) is 8.42 Å². The molecule has 0 aliphatic heterocycles. The molecule has 10 atom stereocenters. The molecule has 1 amide bonds. The van der Waals surface area contributed by atoms with Crippen LogP contribution in [0.2, 0.25) is 0 Å². The number of fused-ring (bicyclic) bond motifs is 5. The zero-order valence-corrected chi connectivity index (χ0v) is 24.9. The molecule has 0 saturated heterocycles. The molecule has 4 aliphatic carbocycles. The van der Waals surface area contributed by atoms with Gasteiger partial charge in [-0.15, -0.1) is 0 Å². The first-order valence-corrected chi connectivity index (χ1v) is 15.0. The van der Waals surface area contributed by atoms with Gasteiger partial charge >= 0.3 is 29.6 Å². The zero-order valence-electron chi connectivity index (χ0n) is 22.0. The van der Waals surface area contributed by atoms with E-state index in [2.05, 4.69) is 26.1 Å². The monoisotopic (exact) mass is 521 g/mol. The van der Waals surface area contributed by atoms with Crippen LogP contribution in [0.15, 0.2) is 0 Å². The number of carbonyl (C=O) groups excluding carboxylic acids is 1. The second-order valence-corrected chi connectivity index (χ2v) is 14.1. The van der Waals surface area contributed by atoms with E-state index in [1.165, 1.54) is 6.42 Å². The van der Waals surface area contributed by atoms with Crippen LogP contribution in [0.3, 0.4) is 0 Å². The molecule has 0 bridgehead atoms. The predicted molar refractivity (Wildman–Crippen MR) is 129 cm³/mol. The average Bonchev–Trinajstić information content (AvgIpc) is 3.09. The van der Waals surface area contributed by atoms with Crippen LogP contribution in [0.25, 0.3) is 0 Å². The summed E-state index contributed by atoms with van der Waals surface area (Å²) in [5, 5.41) is 24.2. The Bertz CT molecular complexity index is 870.